The molecule has 0 aromatic rings. The number of piperazine rings is 1. The van der Waals surface area contributed by atoms with E-state index in [1.54, 1.807) is 0 Å². The van der Waals surface area contributed by atoms with Gasteiger partial charge in [-0.05, 0) is 39.5 Å². The first-order valence-electron chi connectivity index (χ1n) is 8.38. The summed E-state index contributed by atoms with van der Waals surface area (Å²) < 4.78 is 5.65. The Bertz CT molecular complexity index is 388. The van der Waals surface area contributed by atoms with Crippen molar-refractivity contribution in [2.75, 3.05) is 39.3 Å². The lowest BCUT2D eigenvalue weighted by Gasteiger charge is -2.35. The fourth-order valence-corrected chi connectivity index (χ4v) is 2.59. The predicted molar refractivity (Wildman–Crippen MR) is 84.4 cm³/mol. The number of carbonyl (C=O) groups excluding carboxylic acids is 2. The number of hydrogen-bond donors (Lipinski definition) is 1. The van der Waals surface area contributed by atoms with Crippen molar-refractivity contribution in [2.45, 2.75) is 45.8 Å². The van der Waals surface area contributed by atoms with Crippen molar-refractivity contribution in [3.05, 3.63) is 0 Å². The molecule has 2 aliphatic rings. The first-order valence-corrected chi connectivity index (χ1v) is 8.38. The van der Waals surface area contributed by atoms with Gasteiger partial charge in [0, 0.05) is 32.2 Å². The van der Waals surface area contributed by atoms with Gasteiger partial charge in [-0.3, -0.25) is 14.5 Å². The van der Waals surface area contributed by atoms with Gasteiger partial charge in [-0.2, -0.15) is 0 Å². The van der Waals surface area contributed by atoms with Gasteiger partial charge in [0.15, 0.2) is 0 Å². The molecule has 1 atom stereocenters. The molecular weight excluding hydrogens is 282 g/mol. The number of nitrogens with zero attached hydrogens (tertiary/aromatic N) is 2. The molecule has 1 saturated heterocycles. The SMILES string of the molecule is CC(C)NC(=O)CN1CCN(C(=O)C(C)OCC2CC2)CC1. The summed E-state index contributed by atoms with van der Waals surface area (Å²) in [5.41, 5.74) is 0. The lowest BCUT2D eigenvalue weighted by molar-refractivity contribution is -0.144. The molecule has 2 rings (SSSR count). The van der Waals surface area contributed by atoms with Crippen LogP contribution in [-0.2, 0) is 14.3 Å². The van der Waals surface area contributed by atoms with E-state index < -0.39 is 0 Å². The molecule has 0 bridgehead atoms. The Morgan fingerprint density at radius 1 is 1.14 bits per heavy atom. The smallest absolute Gasteiger partial charge is 0.251 e. The number of rotatable bonds is 7. The Morgan fingerprint density at radius 3 is 2.32 bits per heavy atom. The van der Waals surface area contributed by atoms with Crippen molar-refractivity contribution < 1.29 is 14.3 Å². The standard InChI is InChI=1S/C16H29N3O3/c1-12(2)17-15(20)10-18-6-8-19(9-7-18)16(21)13(3)22-11-14-4-5-14/h12-14H,4-11H2,1-3H3,(H,17,20). The maximum Gasteiger partial charge on any atom is 0.251 e. The van der Waals surface area contributed by atoms with E-state index in [0.717, 1.165) is 13.1 Å². The predicted octanol–water partition coefficient (Wildman–Crippen LogP) is 0.470. The van der Waals surface area contributed by atoms with Crippen molar-refractivity contribution in [3.63, 3.8) is 0 Å². The molecule has 1 heterocycles. The van der Waals surface area contributed by atoms with Crippen LogP contribution in [0.15, 0.2) is 0 Å². The van der Waals surface area contributed by atoms with E-state index in [2.05, 4.69) is 10.2 Å². The minimum absolute atomic E-state index is 0.0518. The maximum absolute atomic E-state index is 12.3. The third-order valence-electron chi connectivity index (χ3n) is 4.13. The summed E-state index contributed by atoms with van der Waals surface area (Å²) in [6, 6.07) is 0.167. The monoisotopic (exact) mass is 311 g/mol. The van der Waals surface area contributed by atoms with Crippen LogP contribution in [0.25, 0.3) is 0 Å². The summed E-state index contributed by atoms with van der Waals surface area (Å²) in [5.74, 6) is 0.800. The van der Waals surface area contributed by atoms with Crippen LogP contribution in [0.2, 0.25) is 0 Å². The minimum atomic E-state index is -0.351. The van der Waals surface area contributed by atoms with Gasteiger partial charge in [0.25, 0.3) is 5.91 Å². The van der Waals surface area contributed by atoms with E-state index in [1.165, 1.54) is 12.8 Å². The van der Waals surface area contributed by atoms with E-state index in [0.29, 0.717) is 32.2 Å². The zero-order valence-electron chi connectivity index (χ0n) is 14.0. The number of hydrogen-bond acceptors (Lipinski definition) is 4. The average Bonchev–Trinajstić information content (AvgIpc) is 3.28. The van der Waals surface area contributed by atoms with Crippen LogP contribution in [-0.4, -0.2) is 73.1 Å². The second-order valence-corrected chi connectivity index (χ2v) is 6.74. The van der Waals surface area contributed by atoms with Gasteiger partial charge in [0.05, 0.1) is 13.2 Å². The molecule has 2 amide bonds. The Hall–Kier alpha value is -1.14. The fraction of sp³-hybridized carbons (Fsp3) is 0.875. The summed E-state index contributed by atoms with van der Waals surface area (Å²) in [6.45, 7) is 9.70. The van der Waals surface area contributed by atoms with Crippen LogP contribution in [0.1, 0.15) is 33.6 Å². The molecule has 1 unspecified atom stereocenters. The van der Waals surface area contributed by atoms with Gasteiger partial charge >= 0.3 is 0 Å². The van der Waals surface area contributed by atoms with Crippen LogP contribution in [0.5, 0.6) is 0 Å². The van der Waals surface area contributed by atoms with E-state index >= 15 is 0 Å². The minimum Gasteiger partial charge on any atom is -0.368 e. The molecule has 1 saturated carbocycles. The summed E-state index contributed by atoms with van der Waals surface area (Å²) in [6.07, 6.45) is 2.12. The summed E-state index contributed by atoms with van der Waals surface area (Å²) in [4.78, 5) is 28.0. The van der Waals surface area contributed by atoms with E-state index in [1.807, 2.05) is 25.7 Å². The molecule has 0 aromatic carbocycles. The zero-order valence-corrected chi connectivity index (χ0v) is 14.0. The van der Waals surface area contributed by atoms with Crippen molar-refractivity contribution >= 4 is 11.8 Å². The second kappa shape index (κ2) is 7.92. The summed E-state index contributed by atoms with van der Waals surface area (Å²) in [7, 11) is 0. The Labute approximate surface area is 133 Å². The highest BCUT2D eigenvalue weighted by Gasteiger charge is 2.28. The molecule has 126 valence electrons. The van der Waals surface area contributed by atoms with E-state index in [-0.39, 0.29) is 24.0 Å². The highest BCUT2D eigenvalue weighted by atomic mass is 16.5. The van der Waals surface area contributed by atoms with Gasteiger partial charge in [0.1, 0.15) is 6.10 Å². The molecular formula is C16H29N3O3. The number of ether oxygens (including phenoxy) is 1. The fourth-order valence-electron chi connectivity index (χ4n) is 2.59. The molecule has 0 aromatic heterocycles. The molecule has 6 heteroatoms. The number of amides is 2. The van der Waals surface area contributed by atoms with E-state index in [4.69, 9.17) is 4.74 Å². The molecule has 0 radical (unpaired) electrons. The highest BCUT2D eigenvalue weighted by Crippen LogP contribution is 2.29. The molecule has 6 nitrogen and oxygen atoms in total. The number of nitrogens with one attached hydrogen (secondary N) is 1. The average molecular weight is 311 g/mol. The Kier molecular flexibility index (Phi) is 6.20. The molecule has 0 spiro atoms. The molecule has 2 fully saturated rings. The molecule has 1 N–H and O–H groups in total. The highest BCUT2D eigenvalue weighted by molar-refractivity contribution is 5.81. The van der Waals surface area contributed by atoms with E-state index in [9.17, 15) is 9.59 Å². The zero-order chi connectivity index (χ0) is 16.1. The Balaban J connectivity index is 1.66. The molecule has 1 aliphatic heterocycles. The van der Waals surface area contributed by atoms with Gasteiger partial charge in [-0.1, -0.05) is 0 Å². The normalized spacial score (nSPS) is 21.0. The quantitative estimate of drug-likeness (QED) is 0.742. The second-order valence-electron chi connectivity index (χ2n) is 6.74. The van der Waals surface area contributed by atoms with Crippen LogP contribution >= 0.6 is 0 Å². The van der Waals surface area contributed by atoms with Gasteiger partial charge in [-0.25, -0.2) is 0 Å². The van der Waals surface area contributed by atoms with Crippen LogP contribution in [0.4, 0.5) is 0 Å². The van der Waals surface area contributed by atoms with Gasteiger partial charge < -0.3 is 15.0 Å². The third-order valence-corrected chi connectivity index (χ3v) is 4.13. The summed E-state index contributed by atoms with van der Waals surface area (Å²) in [5, 5.41) is 2.89. The Morgan fingerprint density at radius 2 is 1.77 bits per heavy atom. The van der Waals surface area contributed by atoms with Crippen LogP contribution in [0.3, 0.4) is 0 Å². The van der Waals surface area contributed by atoms with Crippen LogP contribution < -0.4 is 5.32 Å². The maximum atomic E-state index is 12.3. The lowest BCUT2D eigenvalue weighted by atomic mass is 10.2. The van der Waals surface area contributed by atoms with Crippen molar-refractivity contribution in [1.82, 2.24) is 15.1 Å². The first-order chi connectivity index (χ1) is 10.5. The molecule has 22 heavy (non-hydrogen) atoms. The van der Waals surface area contributed by atoms with Gasteiger partial charge in [0.2, 0.25) is 5.91 Å². The third kappa shape index (κ3) is 5.57. The number of carbonyl (C=O) groups is 2. The van der Waals surface area contributed by atoms with Crippen molar-refractivity contribution in [1.29, 1.82) is 0 Å². The van der Waals surface area contributed by atoms with Crippen molar-refractivity contribution in [2.24, 2.45) is 5.92 Å². The lowest BCUT2D eigenvalue weighted by Crippen LogP contribution is -2.53. The largest absolute Gasteiger partial charge is 0.368 e. The topological polar surface area (TPSA) is 61.9 Å². The molecule has 1 aliphatic carbocycles. The summed E-state index contributed by atoms with van der Waals surface area (Å²) >= 11 is 0. The van der Waals surface area contributed by atoms with Crippen LogP contribution in [0, 0.1) is 5.92 Å². The first kappa shape index (κ1) is 17.2. The van der Waals surface area contributed by atoms with Gasteiger partial charge in [-0.15, -0.1) is 0 Å². The van der Waals surface area contributed by atoms with Crippen molar-refractivity contribution in [3.8, 4) is 0 Å².